The molecule has 1 heterocycles. The van der Waals surface area contributed by atoms with Gasteiger partial charge >= 0.3 is 0 Å². The van der Waals surface area contributed by atoms with Crippen molar-refractivity contribution in [2.24, 2.45) is 0 Å². The average molecular weight is 204 g/mol. The lowest BCUT2D eigenvalue weighted by Crippen LogP contribution is -2.33. The number of hydrogen-bond acceptors (Lipinski definition) is 2. The van der Waals surface area contributed by atoms with Crippen molar-refractivity contribution in [2.45, 2.75) is 44.8 Å². The Balaban J connectivity index is 0.00000196. The van der Waals surface area contributed by atoms with Crippen molar-refractivity contribution < 1.29 is 5.82 Å². The highest BCUT2D eigenvalue weighted by Gasteiger charge is 2.25. The Bertz CT molecular complexity index is 158. The molecule has 2 atom stereocenters. The molecule has 1 N–H and O–H groups in total. The van der Waals surface area contributed by atoms with Gasteiger partial charge in [-0.25, -0.2) is 4.39 Å². The van der Waals surface area contributed by atoms with Crippen molar-refractivity contribution in [3.8, 4) is 0 Å². The van der Waals surface area contributed by atoms with Crippen LogP contribution in [0.25, 0.3) is 0 Å². The van der Waals surface area contributed by atoms with Gasteiger partial charge in [0.25, 0.3) is 0 Å². The van der Waals surface area contributed by atoms with Gasteiger partial charge < -0.3 is 10.2 Å². The van der Waals surface area contributed by atoms with E-state index in [1.807, 2.05) is 0 Å². The van der Waals surface area contributed by atoms with Gasteiger partial charge in [-0.15, -0.1) is 0 Å². The van der Waals surface area contributed by atoms with Crippen LogP contribution in [-0.2, 0) is 0 Å². The van der Waals surface area contributed by atoms with Crippen molar-refractivity contribution in [3.05, 3.63) is 0 Å². The summed E-state index contributed by atoms with van der Waals surface area (Å²) in [5.74, 6) is 0. The van der Waals surface area contributed by atoms with E-state index < -0.39 is 6.17 Å². The zero-order valence-corrected chi connectivity index (χ0v) is 9.43. The normalized spacial score (nSPS) is 27.4. The maximum atomic E-state index is 13.2. The smallest absolute Gasteiger partial charge is 0.117 e. The molecule has 2 unspecified atom stereocenters. The zero-order chi connectivity index (χ0) is 10.4. The van der Waals surface area contributed by atoms with E-state index in [-0.39, 0.29) is 7.47 Å². The fourth-order valence-electron chi connectivity index (χ4n) is 1.92. The number of rotatable bonds is 6. The van der Waals surface area contributed by atoms with E-state index in [1.165, 1.54) is 12.8 Å². The summed E-state index contributed by atoms with van der Waals surface area (Å²) in [6.07, 6.45) is 3.51. The molecule has 1 rings (SSSR count). The fraction of sp³-hybridized carbons (Fsp3) is 1.00. The van der Waals surface area contributed by atoms with E-state index in [2.05, 4.69) is 24.2 Å². The molecule has 14 heavy (non-hydrogen) atoms. The molecule has 0 bridgehead atoms. The molecule has 0 amide bonds. The van der Waals surface area contributed by atoms with E-state index in [1.54, 1.807) is 0 Å². The number of unbranched alkanes of at least 4 members (excludes halogenated alkanes) is 1. The van der Waals surface area contributed by atoms with Crippen molar-refractivity contribution in [1.82, 2.24) is 10.2 Å². The predicted molar refractivity (Wildman–Crippen MR) is 60.4 cm³/mol. The number of alkyl halides is 1. The first-order chi connectivity index (χ1) is 6.74. The maximum Gasteiger partial charge on any atom is 0.117 e. The van der Waals surface area contributed by atoms with Gasteiger partial charge in [0.15, 0.2) is 0 Å². The van der Waals surface area contributed by atoms with Gasteiger partial charge in [-0.2, -0.15) is 0 Å². The summed E-state index contributed by atoms with van der Waals surface area (Å²) in [6, 6.07) is 0.110. The molecule has 0 aromatic carbocycles. The number of halogens is 1. The standard InChI is InChI=1S/C11H23FN2.H2/c1-3-4-8-14(2)9-6-11-10(12)5-7-13-11;/h10-11,13H,3-9H2,1-2H3;1H. The summed E-state index contributed by atoms with van der Waals surface area (Å²) in [7, 11) is 2.12. The van der Waals surface area contributed by atoms with Crippen LogP contribution in [0.3, 0.4) is 0 Å². The molecule has 0 aromatic rings. The first-order valence-electron chi connectivity index (χ1n) is 5.80. The second-order valence-electron chi connectivity index (χ2n) is 4.31. The molecule has 86 valence electrons. The number of nitrogens with one attached hydrogen (secondary N) is 1. The minimum absolute atomic E-state index is 0. The molecule has 2 nitrogen and oxygen atoms in total. The number of hydrogen-bond donors (Lipinski definition) is 1. The first kappa shape index (κ1) is 11.9. The van der Waals surface area contributed by atoms with Gasteiger partial charge in [0, 0.05) is 7.47 Å². The Labute approximate surface area is 88.3 Å². The van der Waals surface area contributed by atoms with E-state index in [0.29, 0.717) is 6.42 Å². The third-order valence-electron chi connectivity index (χ3n) is 2.98. The SMILES string of the molecule is CCCCN(C)CCC1NCCC1F.[HH]. The van der Waals surface area contributed by atoms with E-state index in [9.17, 15) is 4.39 Å². The monoisotopic (exact) mass is 204 g/mol. The second-order valence-corrected chi connectivity index (χ2v) is 4.31. The van der Waals surface area contributed by atoms with Crippen LogP contribution in [0.2, 0.25) is 0 Å². The lowest BCUT2D eigenvalue weighted by Gasteiger charge is -2.19. The molecule has 1 saturated heterocycles. The fourth-order valence-corrected chi connectivity index (χ4v) is 1.92. The summed E-state index contributed by atoms with van der Waals surface area (Å²) >= 11 is 0. The first-order valence-corrected chi connectivity index (χ1v) is 5.80. The summed E-state index contributed by atoms with van der Waals surface area (Å²) in [6.45, 7) is 5.20. The molecule has 0 aromatic heterocycles. The van der Waals surface area contributed by atoms with Crippen LogP contribution in [0.5, 0.6) is 0 Å². The van der Waals surface area contributed by atoms with Crippen molar-refractivity contribution in [3.63, 3.8) is 0 Å². The van der Waals surface area contributed by atoms with E-state index >= 15 is 0 Å². The molecule has 0 spiro atoms. The lowest BCUT2D eigenvalue weighted by atomic mass is 10.1. The minimum Gasteiger partial charge on any atom is -0.311 e. The summed E-state index contributed by atoms with van der Waals surface area (Å²) in [4.78, 5) is 2.30. The molecule has 1 fully saturated rings. The van der Waals surface area contributed by atoms with Gasteiger partial charge in [-0.1, -0.05) is 13.3 Å². The maximum absolute atomic E-state index is 13.2. The summed E-state index contributed by atoms with van der Waals surface area (Å²) in [5.41, 5.74) is 0. The van der Waals surface area contributed by atoms with Crippen molar-refractivity contribution in [1.29, 1.82) is 0 Å². The summed E-state index contributed by atoms with van der Waals surface area (Å²) < 4.78 is 13.2. The highest BCUT2D eigenvalue weighted by Crippen LogP contribution is 2.14. The zero-order valence-electron chi connectivity index (χ0n) is 9.43. The molecule has 3 heteroatoms. The Morgan fingerprint density at radius 2 is 2.29 bits per heavy atom. The van der Waals surface area contributed by atoms with E-state index in [0.717, 1.165) is 26.1 Å². The Kier molecular flexibility index (Phi) is 5.41. The molecule has 0 aliphatic carbocycles. The van der Waals surface area contributed by atoms with Crippen LogP contribution in [0.4, 0.5) is 4.39 Å². The summed E-state index contributed by atoms with van der Waals surface area (Å²) in [5, 5.41) is 3.22. The Morgan fingerprint density at radius 1 is 1.50 bits per heavy atom. The molecular formula is C11H25FN2. The van der Waals surface area contributed by atoms with Gasteiger partial charge in [-0.3, -0.25) is 0 Å². The van der Waals surface area contributed by atoms with Crippen molar-refractivity contribution >= 4 is 0 Å². The topological polar surface area (TPSA) is 15.3 Å². The highest BCUT2D eigenvalue weighted by molar-refractivity contribution is 4.83. The second kappa shape index (κ2) is 6.36. The van der Waals surface area contributed by atoms with Crippen LogP contribution in [0.15, 0.2) is 0 Å². The quantitative estimate of drug-likeness (QED) is 0.712. The van der Waals surface area contributed by atoms with Crippen LogP contribution >= 0.6 is 0 Å². The lowest BCUT2D eigenvalue weighted by molar-refractivity contribution is 0.253. The Morgan fingerprint density at radius 3 is 2.86 bits per heavy atom. The van der Waals surface area contributed by atoms with Crippen LogP contribution in [0, 0.1) is 0 Å². The van der Waals surface area contributed by atoms with Gasteiger partial charge in [0.2, 0.25) is 0 Å². The third-order valence-corrected chi connectivity index (χ3v) is 2.98. The van der Waals surface area contributed by atoms with Crippen LogP contribution in [0.1, 0.15) is 34.0 Å². The molecule has 0 radical (unpaired) electrons. The highest BCUT2D eigenvalue weighted by atomic mass is 19.1. The van der Waals surface area contributed by atoms with E-state index in [4.69, 9.17) is 0 Å². The minimum atomic E-state index is -0.616. The molecule has 1 aliphatic heterocycles. The molecular weight excluding hydrogens is 179 g/mol. The molecule has 1 aliphatic rings. The Hall–Kier alpha value is -0.150. The number of nitrogens with zero attached hydrogens (tertiary/aromatic N) is 1. The van der Waals surface area contributed by atoms with Crippen molar-refractivity contribution in [2.75, 3.05) is 26.7 Å². The van der Waals surface area contributed by atoms with Gasteiger partial charge in [0.1, 0.15) is 6.17 Å². The van der Waals surface area contributed by atoms with Crippen LogP contribution < -0.4 is 5.32 Å². The largest absolute Gasteiger partial charge is 0.311 e. The van der Waals surface area contributed by atoms with Gasteiger partial charge in [0.05, 0.1) is 0 Å². The molecule has 0 saturated carbocycles. The average Bonchev–Trinajstić information content (AvgIpc) is 2.58. The predicted octanol–water partition coefficient (Wildman–Crippen LogP) is 2.05. The van der Waals surface area contributed by atoms with Gasteiger partial charge in [-0.05, 0) is 45.9 Å². The van der Waals surface area contributed by atoms with Crippen LogP contribution in [-0.4, -0.2) is 43.8 Å². The third kappa shape index (κ3) is 3.93.